The van der Waals surface area contributed by atoms with Gasteiger partial charge in [0.15, 0.2) is 23.1 Å². The smallest absolute Gasteiger partial charge is 0.243 e. The van der Waals surface area contributed by atoms with Crippen LogP contribution in [-0.2, 0) is 9.53 Å². The molecule has 2 aliphatic rings. The van der Waals surface area contributed by atoms with Crippen molar-refractivity contribution in [1.82, 2.24) is 20.3 Å². The van der Waals surface area contributed by atoms with E-state index in [0.29, 0.717) is 42.7 Å². The number of nitrogens with zero attached hydrogens (tertiary/aromatic N) is 3. The highest BCUT2D eigenvalue weighted by Crippen LogP contribution is 2.46. The molecule has 0 unspecified atom stereocenters. The van der Waals surface area contributed by atoms with Crippen molar-refractivity contribution >= 4 is 22.8 Å². The lowest BCUT2D eigenvalue weighted by Gasteiger charge is -2.40. The van der Waals surface area contributed by atoms with Crippen molar-refractivity contribution < 1.29 is 32.9 Å². The first kappa shape index (κ1) is 26.7. The molecule has 1 aliphatic carbocycles. The molecule has 3 aromatic rings. The van der Waals surface area contributed by atoms with E-state index < -0.39 is 22.8 Å². The molecule has 1 amide bonds. The van der Waals surface area contributed by atoms with Crippen LogP contribution in [0.25, 0.3) is 22.2 Å². The summed E-state index contributed by atoms with van der Waals surface area (Å²) in [5, 5.41) is 16.9. The van der Waals surface area contributed by atoms with E-state index in [1.807, 2.05) is 0 Å². The van der Waals surface area contributed by atoms with Crippen LogP contribution in [0.15, 0.2) is 31.0 Å². The number of hydrogen-bond donors (Lipinski definition) is 3. The highest BCUT2D eigenvalue weighted by molar-refractivity contribution is 5.87. The summed E-state index contributed by atoms with van der Waals surface area (Å²) in [6, 6.07) is 2.04. The number of fused-ring (bicyclic) bond motifs is 1. The summed E-state index contributed by atoms with van der Waals surface area (Å²) in [4.78, 5) is 25.5. The predicted molar refractivity (Wildman–Crippen MR) is 139 cm³/mol. The number of carbonyl (C=O) groups excluding carboxylic acids is 1. The average Bonchev–Trinajstić information content (AvgIpc) is 3.33. The zero-order chi connectivity index (χ0) is 27.9. The van der Waals surface area contributed by atoms with Crippen molar-refractivity contribution in [2.75, 3.05) is 32.8 Å². The van der Waals surface area contributed by atoms with Crippen LogP contribution >= 0.6 is 0 Å². The number of anilines is 1. The third-order valence-electron chi connectivity index (χ3n) is 7.09. The minimum Gasteiger partial charge on any atom is -0.494 e. The summed E-state index contributed by atoms with van der Waals surface area (Å²) >= 11 is 0. The van der Waals surface area contributed by atoms with Gasteiger partial charge in [-0.2, -0.15) is 0 Å². The average molecular weight is 542 g/mol. The minimum absolute atomic E-state index is 0.0250. The standard InChI is InChI=1S/C27H29F2N5O5/c1-5-20(35)31-16-11-39-12-17(16)33-26-30-10-13-6-15(21-22(28)18(37-3)7-19(38-4)23(21)29)32-25(24(13)34-26)14-8-27(2,36)9-14/h5-7,10,14,16-17,36H,1,8-9,11-12H2,2-4H3,(H,31,35)(H,30,33,34)/t14?,16-,17+,27?/m0/s1. The van der Waals surface area contributed by atoms with Gasteiger partial charge in [0.2, 0.25) is 11.9 Å². The van der Waals surface area contributed by atoms with Crippen molar-refractivity contribution in [1.29, 1.82) is 0 Å². The molecule has 1 aromatic carbocycles. The first-order chi connectivity index (χ1) is 18.6. The number of amides is 1. The van der Waals surface area contributed by atoms with Crippen molar-refractivity contribution in [3.05, 3.63) is 48.3 Å². The number of ether oxygens (including phenoxy) is 3. The highest BCUT2D eigenvalue weighted by atomic mass is 19.1. The Balaban J connectivity index is 1.58. The van der Waals surface area contributed by atoms with Gasteiger partial charge in [0.25, 0.3) is 0 Å². The first-order valence-corrected chi connectivity index (χ1v) is 12.4. The fourth-order valence-electron chi connectivity index (χ4n) is 5.10. The van der Waals surface area contributed by atoms with Gasteiger partial charge in [-0.1, -0.05) is 6.58 Å². The summed E-state index contributed by atoms with van der Waals surface area (Å²) in [5.41, 5.74) is -0.281. The minimum atomic E-state index is -0.915. The second-order valence-corrected chi connectivity index (χ2v) is 10.0. The molecule has 1 saturated carbocycles. The summed E-state index contributed by atoms with van der Waals surface area (Å²) in [6.45, 7) is 5.84. The zero-order valence-electron chi connectivity index (χ0n) is 21.8. The topological polar surface area (TPSA) is 128 Å². The number of carbonyl (C=O) groups is 1. The molecule has 0 radical (unpaired) electrons. The summed E-state index contributed by atoms with van der Waals surface area (Å²) in [6.07, 6.45) is 3.54. The van der Waals surface area contributed by atoms with Crippen molar-refractivity contribution in [2.24, 2.45) is 0 Å². The number of halogens is 2. The third-order valence-corrected chi connectivity index (χ3v) is 7.09. The van der Waals surface area contributed by atoms with E-state index in [4.69, 9.17) is 14.2 Å². The first-order valence-electron chi connectivity index (χ1n) is 12.4. The molecule has 0 bridgehead atoms. The Morgan fingerprint density at radius 1 is 1.15 bits per heavy atom. The second kappa shape index (κ2) is 10.3. The van der Waals surface area contributed by atoms with Crippen molar-refractivity contribution in [2.45, 2.75) is 43.4 Å². The van der Waals surface area contributed by atoms with E-state index in [0.717, 1.165) is 6.07 Å². The highest BCUT2D eigenvalue weighted by Gasteiger charge is 2.41. The molecule has 3 heterocycles. The fraction of sp³-hybridized carbons (Fsp3) is 0.407. The van der Waals surface area contributed by atoms with Crippen LogP contribution in [0.2, 0.25) is 0 Å². The van der Waals surface area contributed by atoms with Gasteiger partial charge in [-0.05, 0) is 31.9 Å². The molecule has 2 atom stereocenters. The molecule has 206 valence electrons. The lowest BCUT2D eigenvalue weighted by atomic mass is 9.70. The molecule has 12 heteroatoms. The number of pyridine rings is 1. The number of rotatable bonds is 8. The molecule has 2 fully saturated rings. The van der Waals surface area contributed by atoms with Gasteiger partial charge >= 0.3 is 0 Å². The number of nitrogens with one attached hydrogen (secondary N) is 2. The molecule has 39 heavy (non-hydrogen) atoms. The summed E-state index contributed by atoms with van der Waals surface area (Å²) < 4.78 is 46.4. The molecule has 0 spiro atoms. The van der Waals surface area contributed by atoms with Crippen LogP contribution in [0.5, 0.6) is 11.5 Å². The Morgan fingerprint density at radius 2 is 1.82 bits per heavy atom. The largest absolute Gasteiger partial charge is 0.494 e. The van der Waals surface area contributed by atoms with E-state index in [-0.39, 0.29) is 47.1 Å². The molecule has 1 saturated heterocycles. The van der Waals surface area contributed by atoms with E-state index >= 15 is 8.78 Å². The van der Waals surface area contributed by atoms with Crippen LogP contribution in [0.3, 0.4) is 0 Å². The quantitative estimate of drug-likeness (QED) is 0.369. The van der Waals surface area contributed by atoms with Crippen LogP contribution in [-0.4, -0.2) is 71.1 Å². The van der Waals surface area contributed by atoms with Crippen molar-refractivity contribution in [3.63, 3.8) is 0 Å². The monoisotopic (exact) mass is 541 g/mol. The SMILES string of the molecule is C=CC(=O)N[C@H]1COC[C@H]1Nc1ncc2cc(-c3c(F)c(OC)cc(OC)c3F)nc(C3CC(C)(O)C3)c2n1. The Bertz CT molecular complexity index is 1410. The maximum atomic E-state index is 15.3. The van der Waals surface area contributed by atoms with Crippen molar-refractivity contribution in [3.8, 4) is 22.8 Å². The van der Waals surface area contributed by atoms with Crippen LogP contribution in [0.4, 0.5) is 14.7 Å². The van der Waals surface area contributed by atoms with Gasteiger partial charge in [-0.25, -0.2) is 18.7 Å². The molecule has 5 rings (SSSR count). The Labute approximate surface area is 223 Å². The lowest BCUT2D eigenvalue weighted by molar-refractivity contribution is -0.117. The van der Waals surface area contributed by atoms with Gasteiger partial charge < -0.3 is 30.0 Å². The number of aromatic nitrogens is 3. The van der Waals surface area contributed by atoms with Gasteiger partial charge in [0, 0.05) is 23.6 Å². The fourth-order valence-corrected chi connectivity index (χ4v) is 5.10. The van der Waals surface area contributed by atoms with E-state index in [1.165, 1.54) is 32.6 Å². The molecular weight excluding hydrogens is 512 g/mol. The summed E-state index contributed by atoms with van der Waals surface area (Å²) in [7, 11) is 2.56. The van der Waals surface area contributed by atoms with E-state index in [1.54, 1.807) is 6.92 Å². The van der Waals surface area contributed by atoms with Gasteiger partial charge in [-0.3, -0.25) is 9.78 Å². The van der Waals surface area contributed by atoms with Crippen LogP contribution in [0, 0.1) is 11.6 Å². The van der Waals surface area contributed by atoms with Gasteiger partial charge in [-0.15, -0.1) is 0 Å². The Morgan fingerprint density at radius 3 is 2.44 bits per heavy atom. The Kier molecular flexibility index (Phi) is 7.08. The van der Waals surface area contributed by atoms with Gasteiger partial charge in [0.05, 0.1) is 67.6 Å². The van der Waals surface area contributed by atoms with Gasteiger partial charge in [0.1, 0.15) is 0 Å². The molecule has 10 nitrogen and oxygen atoms in total. The normalized spacial score (nSPS) is 24.2. The number of benzene rings is 1. The maximum absolute atomic E-state index is 15.3. The molecule has 1 aliphatic heterocycles. The van der Waals surface area contributed by atoms with Crippen LogP contribution < -0.4 is 20.1 Å². The second-order valence-electron chi connectivity index (χ2n) is 10.0. The summed E-state index contributed by atoms with van der Waals surface area (Å²) in [5.74, 6) is -2.45. The number of aliphatic hydroxyl groups is 1. The lowest BCUT2D eigenvalue weighted by Crippen LogP contribution is -2.45. The number of hydrogen-bond acceptors (Lipinski definition) is 9. The Hall–Kier alpha value is -3.90. The molecule has 2 aromatic heterocycles. The molecule has 3 N–H and O–H groups in total. The van der Waals surface area contributed by atoms with E-state index in [9.17, 15) is 9.90 Å². The van der Waals surface area contributed by atoms with Crippen LogP contribution in [0.1, 0.15) is 31.4 Å². The predicted octanol–water partition coefficient (Wildman–Crippen LogP) is 3.10. The zero-order valence-corrected chi connectivity index (χ0v) is 21.8. The molecular formula is C27H29F2N5O5. The maximum Gasteiger partial charge on any atom is 0.243 e. The third kappa shape index (κ3) is 5.09. The van der Waals surface area contributed by atoms with E-state index in [2.05, 4.69) is 32.2 Å². The number of methoxy groups -OCH3 is 2.